The lowest BCUT2D eigenvalue weighted by Gasteiger charge is -2.37. The molecule has 1 unspecified atom stereocenters. The van der Waals surface area contributed by atoms with Crippen LogP contribution in [-0.4, -0.2) is 59.9 Å². The molecule has 7 nitrogen and oxygen atoms in total. The van der Waals surface area contributed by atoms with Crippen LogP contribution in [0, 0.1) is 0 Å². The number of urea groups is 1. The summed E-state index contributed by atoms with van der Waals surface area (Å²) < 4.78 is 0. The van der Waals surface area contributed by atoms with Crippen molar-refractivity contribution < 1.29 is 14.4 Å². The van der Waals surface area contributed by atoms with Crippen molar-refractivity contribution in [3.05, 3.63) is 34.9 Å². The Morgan fingerprint density at radius 1 is 1.22 bits per heavy atom. The normalized spacial score (nSPS) is 16.7. The Labute approximate surface area is 139 Å². The van der Waals surface area contributed by atoms with E-state index in [0.717, 1.165) is 0 Å². The Morgan fingerprint density at radius 3 is 2.43 bits per heavy atom. The van der Waals surface area contributed by atoms with Gasteiger partial charge < -0.3 is 10.6 Å². The number of carbonyl (C=O) groups is 3. The van der Waals surface area contributed by atoms with Gasteiger partial charge in [-0.15, -0.1) is 0 Å². The predicted octanol–water partition coefficient (Wildman–Crippen LogP) is 0.681. The number of primary amides is 1. The Kier molecular flexibility index (Phi) is 5.57. The van der Waals surface area contributed by atoms with Gasteiger partial charge in [-0.1, -0.05) is 17.7 Å². The summed E-state index contributed by atoms with van der Waals surface area (Å²) in [6.07, 6.45) is 0. The number of piperazine rings is 1. The fraction of sp³-hybridized carbons (Fsp3) is 0.400. The second kappa shape index (κ2) is 7.43. The van der Waals surface area contributed by atoms with E-state index in [9.17, 15) is 14.4 Å². The Bertz CT molecular complexity index is 614. The highest BCUT2D eigenvalue weighted by Gasteiger charge is 2.28. The van der Waals surface area contributed by atoms with E-state index in [4.69, 9.17) is 17.3 Å². The zero-order chi connectivity index (χ0) is 17.0. The molecular weight excluding hydrogens is 320 g/mol. The van der Waals surface area contributed by atoms with Gasteiger partial charge in [0.25, 0.3) is 5.91 Å². The second-order valence-electron chi connectivity index (χ2n) is 5.37. The summed E-state index contributed by atoms with van der Waals surface area (Å²) in [4.78, 5) is 38.6. The zero-order valence-corrected chi connectivity index (χ0v) is 13.5. The maximum atomic E-state index is 12.4. The molecule has 0 saturated carbocycles. The lowest BCUT2D eigenvalue weighted by molar-refractivity contribution is -0.125. The van der Waals surface area contributed by atoms with E-state index in [-0.39, 0.29) is 5.91 Å². The SMILES string of the molecule is CC(C(=O)NC(N)=O)N1CCN(C(=O)c2cccc(Cl)c2)CC1. The maximum Gasteiger partial charge on any atom is 0.318 e. The number of nitrogens with two attached hydrogens (primary N) is 1. The summed E-state index contributed by atoms with van der Waals surface area (Å²) in [6.45, 7) is 3.78. The van der Waals surface area contributed by atoms with Crippen LogP contribution in [0.2, 0.25) is 5.02 Å². The van der Waals surface area contributed by atoms with E-state index in [2.05, 4.69) is 5.32 Å². The Hall–Kier alpha value is -2.12. The number of benzene rings is 1. The number of imide groups is 1. The molecule has 1 aliphatic rings. The van der Waals surface area contributed by atoms with Crippen LogP contribution in [-0.2, 0) is 4.79 Å². The predicted molar refractivity (Wildman–Crippen MR) is 86.1 cm³/mol. The smallest absolute Gasteiger partial charge is 0.318 e. The largest absolute Gasteiger partial charge is 0.351 e. The fourth-order valence-corrected chi connectivity index (χ4v) is 2.70. The van der Waals surface area contributed by atoms with E-state index in [1.165, 1.54) is 0 Å². The summed E-state index contributed by atoms with van der Waals surface area (Å²) in [6, 6.07) is 5.47. The van der Waals surface area contributed by atoms with E-state index in [0.29, 0.717) is 36.8 Å². The van der Waals surface area contributed by atoms with Crippen LogP contribution >= 0.6 is 11.6 Å². The minimum Gasteiger partial charge on any atom is -0.351 e. The average molecular weight is 339 g/mol. The van der Waals surface area contributed by atoms with Gasteiger partial charge in [0.1, 0.15) is 0 Å². The standard InChI is InChI=1S/C15H19ClN4O3/c1-10(13(21)18-15(17)23)19-5-7-20(8-6-19)14(22)11-3-2-4-12(16)9-11/h2-4,9-10H,5-8H2,1H3,(H3,17,18,21,23). The van der Waals surface area contributed by atoms with Gasteiger partial charge in [0.2, 0.25) is 5.91 Å². The number of halogens is 1. The van der Waals surface area contributed by atoms with Gasteiger partial charge in [-0.05, 0) is 25.1 Å². The topological polar surface area (TPSA) is 95.7 Å². The van der Waals surface area contributed by atoms with E-state index in [1.54, 1.807) is 36.1 Å². The van der Waals surface area contributed by atoms with Crippen molar-refractivity contribution in [2.24, 2.45) is 5.73 Å². The van der Waals surface area contributed by atoms with Gasteiger partial charge in [0, 0.05) is 36.8 Å². The van der Waals surface area contributed by atoms with Crippen molar-refractivity contribution in [3.63, 3.8) is 0 Å². The molecule has 1 fully saturated rings. The molecule has 1 saturated heterocycles. The first-order chi connectivity index (χ1) is 10.9. The minimum absolute atomic E-state index is 0.0820. The van der Waals surface area contributed by atoms with Crippen molar-refractivity contribution in [2.45, 2.75) is 13.0 Å². The van der Waals surface area contributed by atoms with Crippen LogP contribution in [0.4, 0.5) is 4.79 Å². The number of rotatable bonds is 3. The van der Waals surface area contributed by atoms with Crippen LogP contribution in [0.1, 0.15) is 17.3 Å². The molecule has 1 atom stereocenters. The molecule has 1 aromatic rings. The number of amides is 4. The molecule has 8 heteroatoms. The highest BCUT2D eigenvalue weighted by atomic mass is 35.5. The van der Waals surface area contributed by atoms with Gasteiger partial charge in [-0.3, -0.25) is 19.8 Å². The minimum atomic E-state index is -0.864. The maximum absolute atomic E-state index is 12.4. The van der Waals surface area contributed by atoms with E-state index in [1.807, 2.05) is 4.90 Å². The van der Waals surface area contributed by atoms with Gasteiger partial charge in [-0.2, -0.15) is 0 Å². The van der Waals surface area contributed by atoms with Gasteiger partial charge in [0.05, 0.1) is 6.04 Å². The average Bonchev–Trinajstić information content (AvgIpc) is 2.53. The fourth-order valence-electron chi connectivity index (χ4n) is 2.51. The van der Waals surface area contributed by atoms with Gasteiger partial charge >= 0.3 is 6.03 Å². The summed E-state index contributed by atoms with van der Waals surface area (Å²) >= 11 is 5.91. The first-order valence-corrected chi connectivity index (χ1v) is 7.65. The molecule has 1 heterocycles. The molecule has 0 spiro atoms. The van der Waals surface area contributed by atoms with Crippen molar-refractivity contribution in [3.8, 4) is 0 Å². The molecule has 0 aliphatic carbocycles. The van der Waals surface area contributed by atoms with Gasteiger partial charge in [-0.25, -0.2) is 4.79 Å². The number of nitrogens with one attached hydrogen (secondary N) is 1. The Balaban J connectivity index is 1.92. The number of carbonyl (C=O) groups excluding carboxylic acids is 3. The van der Waals surface area contributed by atoms with Crippen LogP contribution in [0.5, 0.6) is 0 Å². The molecule has 124 valence electrons. The van der Waals surface area contributed by atoms with E-state index < -0.39 is 18.0 Å². The zero-order valence-electron chi connectivity index (χ0n) is 12.8. The molecule has 1 aromatic carbocycles. The van der Waals surface area contributed by atoms with Crippen LogP contribution < -0.4 is 11.1 Å². The van der Waals surface area contributed by atoms with Crippen molar-refractivity contribution in [1.82, 2.24) is 15.1 Å². The van der Waals surface area contributed by atoms with Crippen LogP contribution in [0.3, 0.4) is 0 Å². The molecular formula is C15H19ClN4O3. The second-order valence-corrected chi connectivity index (χ2v) is 5.80. The number of hydrogen-bond acceptors (Lipinski definition) is 4. The molecule has 23 heavy (non-hydrogen) atoms. The summed E-state index contributed by atoms with van der Waals surface area (Å²) in [5.74, 6) is -0.520. The molecule has 3 N–H and O–H groups in total. The third-order valence-electron chi connectivity index (χ3n) is 3.85. The quantitative estimate of drug-likeness (QED) is 0.847. The molecule has 4 amide bonds. The summed E-state index contributed by atoms with van der Waals surface area (Å²) in [5.41, 5.74) is 5.49. The Morgan fingerprint density at radius 2 is 1.87 bits per heavy atom. The van der Waals surface area contributed by atoms with Crippen molar-refractivity contribution >= 4 is 29.4 Å². The number of hydrogen-bond donors (Lipinski definition) is 2. The van der Waals surface area contributed by atoms with E-state index >= 15 is 0 Å². The van der Waals surface area contributed by atoms with Crippen molar-refractivity contribution in [2.75, 3.05) is 26.2 Å². The van der Waals surface area contributed by atoms with Crippen LogP contribution in [0.25, 0.3) is 0 Å². The van der Waals surface area contributed by atoms with Crippen molar-refractivity contribution in [1.29, 1.82) is 0 Å². The molecule has 1 aliphatic heterocycles. The summed E-state index contributed by atoms with van der Waals surface area (Å²) in [5, 5.41) is 2.59. The molecule has 0 aromatic heterocycles. The third kappa shape index (κ3) is 4.43. The first-order valence-electron chi connectivity index (χ1n) is 7.27. The number of nitrogens with zero attached hydrogens (tertiary/aromatic N) is 2. The van der Waals surface area contributed by atoms with Gasteiger partial charge in [0.15, 0.2) is 0 Å². The lowest BCUT2D eigenvalue weighted by Crippen LogP contribution is -2.55. The monoisotopic (exact) mass is 338 g/mol. The third-order valence-corrected chi connectivity index (χ3v) is 4.08. The first kappa shape index (κ1) is 17.2. The highest BCUT2D eigenvalue weighted by molar-refractivity contribution is 6.30. The molecule has 2 rings (SSSR count). The molecule has 0 bridgehead atoms. The van der Waals surface area contributed by atoms with Crippen LogP contribution in [0.15, 0.2) is 24.3 Å². The lowest BCUT2D eigenvalue weighted by atomic mass is 10.1. The molecule has 0 radical (unpaired) electrons. The highest BCUT2D eigenvalue weighted by Crippen LogP contribution is 2.15. The summed E-state index contributed by atoms with van der Waals surface area (Å²) in [7, 11) is 0.